The number of benzene rings is 3. The maximum atomic E-state index is 13.1. The lowest BCUT2D eigenvalue weighted by Gasteiger charge is -2.21. The number of nitrogens with zero attached hydrogens (tertiary/aromatic N) is 3. The summed E-state index contributed by atoms with van der Waals surface area (Å²) in [4.78, 5) is 20.0. The van der Waals surface area contributed by atoms with Crippen molar-refractivity contribution in [3.8, 4) is 5.75 Å². The number of aromatic nitrogens is 2. The zero-order valence-electron chi connectivity index (χ0n) is 19.4. The number of imidazole rings is 1. The molecule has 1 aliphatic rings. The van der Waals surface area contributed by atoms with Gasteiger partial charge >= 0.3 is 0 Å². The molecule has 0 saturated carbocycles. The Morgan fingerprint density at radius 1 is 0.909 bits per heavy atom. The van der Waals surface area contributed by atoms with Crippen LogP contribution >= 0.6 is 0 Å². The van der Waals surface area contributed by atoms with Crippen molar-refractivity contribution < 1.29 is 9.53 Å². The zero-order chi connectivity index (χ0) is 22.9. The van der Waals surface area contributed by atoms with Crippen LogP contribution in [0.5, 0.6) is 5.75 Å². The molecule has 2 heterocycles. The Labute approximate surface area is 194 Å². The summed E-state index contributed by atoms with van der Waals surface area (Å²) < 4.78 is 8.33. The van der Waals surface area contributed by atoms with Gasteiger partial charge in [-0.1, -0.05) is 48.5 Å². The van der Waals surface area contributed by atoms with Gasteiger partial charge in [0.05, 0.1) is 17.6 Å². The highest BCUT2D eigenvalue weighted by Gasteiger charge is 2.35. The van der Waals surface area contributed by atoms with Crippen molar-refractivity contribution in [3.05, 3.63) is 89.2 Å². The molecular formula is C28H29N3O2. The van der Waals surface area contributed by atoms with Crippen LogP contribution in [-0.2, 0) is 11.3 Å². The Bertz CT molecular complexity index is 1300. The number of ether oxygens (including phenoxy) is 1. The number of hydrogen-bond acceptors (Lipinski definition) is 3. The van der Waals surface area contributed by atoms with E-state index in [1.807, 2.05) is 47.4 Å². The molecule has 33 heavy (non-hydrogen) atoms. The number of para-hydroxylation sites is 4. The van der Waals surface area contributed by atoms with Crippen LogP contribution in [0.25, 0.3) is 11.0 Å². The van der Waals surface area contributed by atoms with Crippen LogP contribution < -0.4 is 9.64 Å². The molecule has 0 aliphatic carbocycles. The highest BCUT2D eigenvalue weighted by molar-refractivity contribution is 5.98. The molecule has 1 saturated heterocycles. The van der Waals surface area contributed by atoms with Gasteiger partial charge in [0.25, 0.3) is 0 Å². The van der Waals surface area contributed by atoms with E-state index in [1.54, 1.807) is 0 Å². The van der Waals surface area contributed by atoms with E-state index in [1.165, 1.54) is 0 Å². The Morgan fingerprint density at radius 2 is 1.61 bits per heavy atom. The van der Waals surface area contributed by atoms with Crippen LogP contribution in [0.3, 0.4) is 0 Å². The lowest BCUT2D eigenvalue weighted by molar-refractivity contribution is -0.117. The number of anilines is 1. The first-order chi connectivity index (χ1) is 16.0. The van der Waals surface area contributed by atoms with Gasteiger partial charge in [0.2, 0.25) is 5.91 Å². The minimum absolute atomic E-state index is 0.0439. The van der Waals surface area contributed by atoms with E-state index in [9.17, 15) is 4.79 Å². The summed E-state index contributed by atoms with van der Waals surface area (Å²) in [5, 5.41) is 0. The lowest BCUT2D eigenvalue weighted by Crippen LogP contribution is -2.26. The second-order valence-electron chi connectivity index (χ2n) is 8.87. The second-order valence-corrected chi connectivity index (χ2v) is 8.87. The lowest BCUT2D eigenvalue weighted by atomic mass is 10.1. The van der Waals surface area contributed by atoms with Crippen LogP contribution in [0.4, 0.5) is 5.69 Å². The van der Waals surface area contributed by atoms with E-state index in [2.05, 4.69) is 49.6 Å². The van der Waals surface area contributed by atoms with Gasteiger partial charge in [-0.3, -0.25) is 4.79 Å². The molecule has 4 aromatic rings. The predicted octanol–water partition coefficient (Wildman–Crippen LogP) is 5.56. The van der Waals surface area contributed by atoms with E-state index >= 15 is 0 Å². The summed E-state index contributed by atoms with van der Waals surface area (Å²) in [6, 6.07) is 22.4. The molecule has 0 bridgehead atoms. The van der Waals surface area contributed by atoms with Crippen molar-refractivity contribution in [1.29, 1.82) is 0 Å². The maximum Gasteiger partial charge on any atom is 0.227 e. The number of aryl methyl sites for hydroxylation is 3. The number of fused-ring (bicyclic) bond motifs is 1. The molecule has 3 aromatic carbocycles. The molecule has 1 aromatic heterocycles. The number of amides is 1. The molecule has 1 fully saturated rings. The van der Waals surface area contributed by atoms with Crippen LogP contribution in [0.15, 0.2) is 66.7 Å². The molecular weight excluding hydrogens is 410 g/mol. The normalized spacial score (nSPS) is 16.0. The average Bonchev–Trinajstić information content (AvgIpc) is 3.36. The first kappa shape index (κ1) is 21.3. The first-order valence-electron chi connectivity index (χ1n) is 11.5. The Kier molecular flexibility index (Phi) is 5.63. The van der Waals surface area contributed by atoms with Gasteiger partial charge < -0.3 is 14.2 Å². The van der Waals surface area contributed by atoms with Crippen LogP contribution in [0, 0.1) is 20.8 Å². The highest BCUT2D eigenvalue weighted by atomic mass is 16.5. The molecule has 1 amide bonds. The largest absolute Gasteiger partial charge is 0.491 e. The molecule has 1 aliphatic heterocycles. The van der Waals surface area contributed by atoms with E-state index < -0.39 is 0 Å². The van der Waals surface area contributed by atoms with Gasteiger partial charge in [-0.15, -0.1) is 0 Å². The summed E-state index contributed by atoms with van der Waals surface area (Å²) in [6.07, 6.45) is 0.468. The maximum absolute atomic E-state index is 13.1. The number of hydrogen-bond donors (Lipinski definition) is 0. The van der Waals surface area contributed by atoms with Crippen molar-refractivity contribution in [1.82, 2.24) is 9.55 Å². The highest BCUT2D eigenvalue weighted by Crippen LogP contribution is 2.36. The second kappa shape index (κ2) is 8.74. The third kappa shape index (κ3) is 3.99. The summed E-state index contributed by atoms with van der Waals surface area (Å²) in [5.41, 5.74) is 6.46. The Balaban J connectivity index is 1.43. The minimum atomic E-state index is 0.0439. The molecule has 5 heteroatoms. The average molecular weight is 440 g/mol. The van der Waals surface area contributed by atoms with Crippen molar-refractivity contribution in [3.63, 3.8) is 0 Å². The minimum Gasteiger partial charge on any atom is -0.491 e. The topological polar surface area (TPSA) is 47.4 Å². The summed E-state index contributed by atoms with van der Waals surface area (Å²) in [6.45, 7) is 8.06. The fourth-order valence-corrected chi connectivity index (χ4v) is 4.93. The van der Waals surface area contributed by atoms with Gasteiger partial charge in [0, 0.05) is 24.6 Å². The molecule has 0 unspecified atom stereocenters. The Hall–Kier alpha value is -3.60. The van der Waals surface area contributed by atoms with Crippen molar-refractivity contribution in [2.24, 2.45) is 0 Å². The van der Waals surface area contributed by atoms with Crippen LogP contribution in [0.2, 0.25) is 0 Å². The van der Waals surface area contributed by atoms with Gasteiger partial charge in [-0.05, 0) is 55.7 Å². The fourth-order valence-electron chi connectivity index (χ4n) is 4.93. The van der Waals surface area contributed by atoms with Gasteiger partial charge in [0.15, 0.2) is 0 Å². The molecule has 1 atom stereocenters. The van der Waals surface area contributed by atoms with E-state index in [0.717, 1.165) is 45.0 Å². The number of rotatable bonds is 6. The van der Waals surface area contributed by atoms with Gasteiger partial charge in [-0.2, -0.15) is 0 Å². The molecule has 0 radical (unpaired) electrons. The fraction of sp³-hybridized carbons (Fsp3) is 0.286. The molecule has 0 spiro atoms. The first-order valence-corrected chi connectivity index (χ1v) is 11.5. The molecule has 5 rings (SSSR count). The Morgan fingerprint density at radius 3 is 2.39 bits per heavy atom. The van der Waals surface area contributed by atoms with Crippen molar-refractivity contribution in [2.45, 2.75) is 39.7 Å². The van der Waals surface area contributed by atoms with Gasteiger partial charge in [-0.25, -0.2) is 4.98 Å². The number of carbonyl (C=O) groups is 1. The summed E-state index contributed by atoms with van der Waals surface area (Å²) in [7, 11) is 0. The SMILES string of the molecule is Cc1ccccc1OCCn1c([C@H]2CC(=O)N(c3c(C)cccc3C)C2)nc2ccccc21. The quantitative estimate of drug-likeness (QED) is 0.395. The van der Waals surface area contributed by atoms with Crippen LogP contribution in [-0.4, -0.2) is 28.6 Å². The third-order valence-electron chi connectivity index (χ3n) is 6.55. The smallest absolute Gasteiger partial charge is 0.227 e. The summed E-state index contributed by atoms with van der Waals surface area (Å²) in [5.74, 6) is 2.07. The van der Waals surface area contributed by atoms with Crippen molar-refractivity contribution >= 4 is 22.6 Å². The predicted molar refractivity (Wildman–Crippen MR) is 132 cm³/mol. The monoisotopic (exact) mass is 439 g/mol. The number of carbonyl (C=O) groups excluding carboxylic acids is 1. The molecule has 5 nitrogen and oxygen atoms in total. The standard InChI is InChI=1S/C28H29N3O2/c1-19-9-4-7-14-25(19)33-16-15-30-24-13-6-5-12-23(24)29-28(30)22-17-26(32)31(18-22)27-20(2)10-8-11-21(27)3/h4-14,22H,15-18H2,1-3H3/t22-/m0/s1. The summed E-state index contributed by atoms with van der Waals surface area (Å²) >= 11 is 0. The molecule has 0 N–H and O–H groups in total. The van der Waals surface area contributed by atoms with E-state index in [4.69, 9.17) is 9.72 Å². The third-order valence-corrected chi connectivity index (χ3v) is 6.55. The van der Waals surface area contributed by atoms with E-state index in [-0.39, 0.29) is 11.8 Å². The van der Waals surface area contributed by atoms with Crippen molar-refractivity contribution in [2.75, 3.05) is 18.1 Å². The van der Waals surface area contributed by atoms with Crippen LogP contribution in [0.1, 0.15) is 34.9 Å². The molecule has 168 valence electrons. The zero-order valence-corrected chi connectivity index (χ0v) is 19.4. The van der Waals surface area contributed by atoms with E-state index in [0.29, 0.717) is 26.1 Å². The van der Waals surface area contributed by atoms with Gasteiger partial charge in [0.1, 0.15) is 18.2 Å².